The first-order chi connectivity index (χ1) is 35.4. The summed E-state index contributed by atoms with van der Waals surface area (Å²) in [5, 5.41) is 12.5. The molecule has 6 aromatic carbocycles. The van der Waals surface area contributed by atoms with E-state index in [4.69, 9.17) is 4.74 Å². The van der Waals surface area contributed by atoms with Gasteiger partial charge >= 0.3 is 6.09 Å². The molecule has 9 rings (SSSR count). The molecule has 3 heterocycles. The molecule has 73 heavy (non-hydrogen) atoms. The highest BCUT2D eigenvalue weighted by Gasteiger charge is 2.32. The fourth-order valence-corrected chi connectivity index (χ4v) is 8.61. The minimum atomic E-state index is -1.22. The van der Waals surface area contributed by atoms with Gasteiger partial charge in [0.25, 0.3) is 0 Å². The maximum atomic E-state index is 14.9. The SMILES string of the molecule is CC(C)(C)OC(=O)N[C@@H](Cc1cnc(-c2ccc(-c3ccccc3)cc2)[nH]1)C(=O)N[C@@H](Cc1c[nH]c2ccccc12)C(=O)N[C@@H](Cc1cnc(-c2ccc(-c3ccccc3)cc2)[nH]1)C(=O)NCc1ccccc1. The van der Waals surface area contributed by atoms with Crippen molar-refractivity contribution in [2.45, 2.75) is 70.3 Å². The van der Waals surface area contributed by atoms with E-state index in [9.17, 15) is 19.2 Å². The van der Waals surface area contributed by atoms with Crippen LogP contribution in [0.5, 0.6) is 0 Å². The standard InChI is InChI=1S/C59H57N9O5/c1-59(2,3)73-58(72)68-52(33-47-37-62-54(65-47)44-29-25-42(26-30-44)40-19-11-6-12-20-40)57(71)66-50(31-45-35-60-49-22-14-13-21-48(45)49)56(70)67-51(55(69)63-34-38-15-7-4-8-16-38)32-46-36-61-53(64-46)43-27-23-41(24-28-43)39-17-9-5-10-18-39/h4-30,35-37,50-52,60H,31-34H2,1-3H3,(H,61,64)(H,62,65)(H,63,69)(H,66,71)(H,67,70)(H,68,72)/t50-,51-,52-/m0/s1. The summed E-state index contributed by atoms with van der Waals surface area (Å²) in [4.78, 5) is 76.5. The van der Waals surface area contributed by atoms with E-state index in [1.54, 1.807) is 39.4 Å². The highest BCUT2D eigenvalue weighted by Crippen LogP contribution is 2.26. The Labute approximate surface area is 423 Å². The van der Waals surface area contributed by atoms with Crippen LogP contribution in [0.25, 0.3) is 55.9 Å². The number of ether oxygens (including phenoxy) is 1. The van der Waals surface area contributed by atoms with Crippen molar-refractivity contribution in [3.05, 3.63) is 205 Å². The van der Waals surface area contributed by atoms with Crippen molar-refractivity contribution in [3.63, 3.8) is 0 Å². The number of nitrogens with one attached hydrogen (secondary N) is 7. The molecule has 0 saturated carbocycles. The lowest BCUT2D eigenvalue weighted by molar-refractivity contribution is -0.132. The number of nitrogens with zero attached hydrogens (tertiary/aromatic N) is 2. The summed E-state index contributed by atoms with van der Waals surface area (Å²) in [7, 11) is 0. The van der Waals surface area contributed by atoms with Gasteiger partial charge in [0.2, 0.25) is 17.7 Å². The summed E-state index contributed by atoms with van der Waals surface area (Å²) < 4.78 is 5.62. The summed E-state index contributed by atoms with van der Waals surface area (Å²) in [6.45, 7) is 5.41. The van der Waals surface area contributed by atoms with Crippen LogP contribution in [0.4, 0.5) is 4.79 Å². The zero-order chi connectivity index (χ0) is 50.7. The van der Waals surface area contributed by atoms with Gasteiger partial charge in [-0.3, -0.25) is 14.4 Å². The normalized spacial score (nSPS) is 12.6. The molecule has 7 N–H and O–H groups in total. The first-order valence-electron chi connectivity index (χ1n) is 24.3. The third-order valence-corrected chi connectivity index (χ3v) is 12.3. The lowest BCUT2D eigenvalue weighted by atomic mass is 10.0. The first kappa shape index (κ1) is 49.0. The highest BCUT2D eigenvalue weighted by molar-refractivity contribution is 5.95. The molecule has 14 nitrogen and oxygen atoms in total. The van der Waals surface area contributed by atoms with Crippen LogP contribution in [0.2, 0.25) is 0 Å². The van der Waals surface area contributed by atoms with Gasteiger partial charge in [0, 0.05) is 77.8 Å². The molecule has 0 unspecified atom stereocenters. The van der Waals surface area contributed by atoms with Crippen LogP contribution < -0.4 is 21.3 Å². The van der Waals surface area contributed by atoms with E-state index in [2.05, 4.69) is 58.3 Å². The number of aromatic nitrogens is 5. The van der Waals surface area contributed by atoms with E-state index in [-0.39, 0.29) is 25.8 Å². The second-order valence-electron chi connectivity index (χ2n) is 18.9. The Balaban J connectivity index is 0.977. The quantitative estimate of drug-likeness (QED) is 0.0444. The van der Waals surface area contributed by atoms with E-state index < -0.39 is 47.5 Å². The van der Waals surface area contributed by atoms with Gasteiger partial charge in [0.1, 0.15) is 35.4 Å². The number of alkyl carbamates (subject to hydrolysis) is 1. The number of aromatic amines is 3. The molecule has 0 aliphatic heterocycles. The maximum absolute atomic E-state index is 14.9. The summed E-state index contributed by atoms with van der Waals surface area (Å²) in [5.74, 6) is -0.538. The molecular formula is C59H57N9O5. The van der Waals surface area contributed by atoms with Crippen molar-refractivity contribution in [3.8, 4) is 45.0 Å². The van der Waals surface area contributed by atoms with Crippen LogP contribution in [0.1, 0.15) is 43.3 Å². The summed E-state index contributed by atoms with van der Waals surface area (Å²) >= 11 is 0. The molecule has 0 bridgehead atoms. The van der Waals surface area contributed by atoms with E-state index in [0.717, 1.165) is 55.4 Å². The lowest BCUT2D eigenvalue weighted by Gasteiger charge is -2.26. The maximum Gasteiger partial charge on any atom is 0.408 e. The number of H-pyrrole nitrogens is 3. The monoisotopic (exact) mass is 971 g/mol. The molecular weight excluding hydrogens is 915 g/mol. The molecule has 0 saturated heterocycles. The van der Waals surface area contributed by atoms with Gasteiger partial charge in [-0.1, -0.05) is 158 Å². The zero-order valence-corrected chi connectivity index (χ0v) is 40.8. The van der Waals surface area contributed by atoms with Crippen molar-refractivity contribution in [1.82, 2.24) is 46.2 Å². The van der Waals surface area contributed by atoms with Crippen molar-refractivity contribution < 1.29 is 23.9 Å². The van der Waals surface area contributed by atoms with E-state index in [1.807, 2.05) is 152 Å². The number of benzene rings is 6. The lowest BCUT2D eigenvalue weighted by Crippen LogP contribution is -2.58. The van der Waals surface area contributed by atoms with Crippen LogP contribution in [-0.4, -0.2) is 72.5 Å². The Bertz CT molecular complexity index is 3290. The molecule has 0 spiro atoms. The number of carbonyl (C=O) groups is 4. The number of hydrogen-bond donors (Lipinski definition) is 7. The largest absolute Gasteiger partial charge is 0.444 e. The fraction of sp³-hybridized carbons (Fsp3) is 0.186. The third kappa shape index (κ3) is 12.8. The van der Waals surface area contributed by atoms with E-state index in [0.29, 0.717) is 23.0 Å². The Morgan fingerprint density at radius 2 is 0.945 bits per heavy atom. The molecule has 3 atom stereocenters. The van der Waals surface area contributed by atoms with Gasteiger partial charge in [0.15, 0.2) is 0 Å². The van der Waals surface area contributed by atoms with Crippen LogP contribution in [-0.2, 0) is 44.9 Å². The average Bonchev–Trinajstić information content (AvgIpc) is 4.19. The number of imidazole rings is 2. The number of fused-ring (bicyclic) bond motifs is 1. The van der Waals surface area contributed by atoms with Gasteiger partial charge in [-0.2, -0.15) is 0 Å². The van der Waals surface area contributed by atoms with Crippen LogP contribution >= 0.6 is 0 Å². The van der Waals surface area contributed by atoms with Crippen molar-refractivity contribution in [1.29, 1.82) is 0 Å². The van der Waals surface area contributed by atoms with E-state index >= 15 is 0 Å². The molecule has 9 aromatic rings. The van der Waals surface area contributed by atoms with Gasteiger partial charge in [-0.15, -0.1) is 0 Å². The molecule has 0 fully saturated rings. The molecule has 3 aromatic heterocycles. The van der Waals surface area contributed by atoms with Crippen molar-refractivity contribution in [2.75, 3.05) is 0 Å². The Morgan fingerprint density at radius 1 is 0.507 bits per heavy atom. The Kier molecular flexibility index (Phi) is 15.0. The minimum absolute atomic E-state index is 0.0245. The topological polar surface area (TPSA) is 199 Å². The summed E-state index contributed by atoms with van der Waals surface area (Å²) in [5.41, 5.74) is 8.74. The van der Waals surface area contributed by atoms with Crippen LogP contribution in [0.15, 0.2) is 182 Å². The molecule has 0 radical (unpaired) electrons. The molecule has 0 aliphatic rings. The van der Waals surface area contributed by atoms with E-state index in [1.165, 1.54) is 0 Å². The second-order valence-corrected chi connectivity index (χ2v) is 18.9. The predicted octanol–water partition coefficient (Wildman–Crippen LogP) is 9.49. The van der Waals surface area contributed by atoms with Crippen molar-refractivity contribution in [2.24, 2.45) is 0 Å². The summed E-state index contributed by atoms with van der Waals surface area (Å²) in [6.07, 6.45) is 4.32. The smallest absolute Gasteiger partial charge is 0.408 e. The Morgan fingerprint density at radius 3 is 1.47 bits per heavy atom. The number of amides is 4. The summed E-state index contributed by atoms with van der Waals surface area (Å²) in [6, 6.07) is 49.7. The van der Waals surface area contributed by atoms with Gasteiger partial charge in [0.05, 0.1) is 0 Å². The van der Waals surface area contributed by atoms with Gasteiger partial charge in [-0.05, 0) is 60.2 Å². The molecule has 4 amide bonds. The Hall–Kier alpha value is -9.04. The third-order valence-electron chi connectivity index (χ3n) is 12.3. The molecule has 0 aliphatic carbocycles. The fourth-order valence-electron chi connectivity index (χ4n) is 8.61. The second kappa shape index (κ2) is 22.4. The number of rotatable bonds is 18. The van der Waals surface area contributed by atoms with Crippen LogP contribution in [0, 0.1) is 0 Å². The number of para-hydroxylation sites is 1. The van der Waals surface area contributed by atoms with Crippen LogP contribution in [0.3, 0.4) is 0 Å². The molecule has 368 valence electrons. The average molecular weight is 972 g/mol. The molecule has 14 heteroatoms. The van der Waals surface area contributed by atoms with Crippen molar-refractivity contribution >= 4 is 34.7 Å². The van der Waals surface area contributed by atoms with Gasteiger partial charge < -0.3 is 41.0 Å². The number of carbonyl (C=O) groups excluding carboxylic acids is 4. The first-order valence-corrected chi connectivity index (χ1v) is 24.3. The zero-order valence-electron chi connectivity index (χ0n) is 40.8. The number of hydrogen-bond acceptors (Lipinski definition) is 7. The van der Waals surface area contributed by atoms with Gasteiger partial charge in [-0.25, -0.2) is 14.8 Å². The highest BCUT2D eigenvalue weighted by atomic mass is 16.6. The minimum Gasteiger partial charge on any atom is -0.444 e. The predicted molar refractivity (Wildman–Crippen MR) is 284 cm³/mol.